The molecule has 0 spiro atoms. The fourth-order valence-corrected chi connectivity index (χ4v) is 8.12. The third kappa shape index (κ3) is 3.67. The second kappa shape index (κ2) is 8.16. The van der Waals surface area contributed by atoms with E-state index in [4.69, 9.17) is 0 Å². The van der Waals surface area contributed by atoms with Crippen molar-refractivity contribution in [3.8, 4) is 0 Å². The zero-order valence-electron chi connectivity index (χ0n) is 19.3. The third-order valence-electron chi connectivity index (χ3n) is 9.22. The van der Waals surface area contributed by atoms with Crippen LogP contribution in [0.15, 0.2) is 30.3 Å². The average molecular weight is 436 g/mol. The number of hydrogen-bond acceptors (Lipinski definition) is 3. The van der Waals surface area contributed by atoms with Gasteiger partial charge in [0.15, 0.2) is 0 Å². The van der Waals surface area contributed by atoms with Gasteiger partial charge in [-0.05, 0) is 74.7 Å². The Balaban J connectivity index is 1.09. The minimum Gasteiger partial charge on any atom is -0.338 e. The van der Waals surface area contributed by atoms with Crippen molar-refractivity contribution >= 4 is 11.8 Å². The molecule has 2 amide bonds. The van der Waals surface area contributed by atoms with Crippen LogP contribution in [0.2, 0.25) is 0 Å². The Labute approximate surface area is 192 Å². The summed E-state index contributed by atoms with van der Waals surface area (Å²) in [4.78, 5) is 33.9. The minimum atomic E-state index is -0.212. The number of likely N-dealkylation sites (tertiary alicyclic amines) is 1. The van der Waals surface area contributed by atoms with E-state index in [0.29, 0.717) is 5.91 Å². The quantitative estimate of drug-likeness (QED) is 0.727. The Morgan fingerprint density at radius 2 is 1.47 bits per heavy atom. The zero-order valence-corrected chi connectivity index (χ0v) is 19.3. The first-order chi connectivity index (χ1) is 15.6. The number of benzene rings is 1. The maximum Gasteiger partial charge on any atom is 0.245 e. The molecule has 5 heteroatoms. The molecule has 0 N–H and O–H groups in total. The molecule has 0 radical (unpaired) electrons. The van der Waals surface area contributed by atoms with Gasteiger partial charge in [-0.25, -0.2) is 0 Å². The number of hydrogen-bond donors (Lipinski definition) is 0. The molecule has 2 aliphatic heterocycles. The highest BCUT2D eigenvalue weighted by molar-refractivity contribution is 5.91. The van der Waals surface area contributed by atoms with Gasteiger partial charge in [-0.15, -0.1) is 0 Å². The van der Waals surface area contributed by atoms with Crippen molar-refractivity contribution in [1.29, 1.82) is 0 Å². The lowest BCUT2D eigenvalue weighted by molar-refractivity contribution is -0.162. The molecule has 172 valence electrons. The van der Waals surface area contributed by atoms with Crippen LogP contribution in [0.25, 0.3) is 0 Å². The molecule has 0 aromatic heterocycles. The van der Waals surface area contributed by atoms with Crippen LogP contribution in [0.5, 0.6) is 0 Å². The Kier molecular flexibility index (Phi) is 5.28. The molecule has 2 heterocycles. The SMILES string of the molecule is O=C(C1CCCN1C(=O)C12CC3CC(CC(C3)C1)C2)N1CCN(Cc2ccccc2)CC1. The van der Waals surface area contributed by atoms with Crippen LogP contribution < -0.4 is 0 Å². The fraction of sp³-hybridized carbons (Fsp3) is 0.704. The monoisotopic (exact) mass is 435 g/mol. The van der Waals surface area contributed by atoms with Crippen molar-refractivity contribution < 1.29 is 9.59 Å². The molecule has 4 bridgehead atoms. The molecule has 7 rings (SSSR count). The Hall–Kier alpha value is -1.88. The third-order valence-corrected chi connectivity index (χ3v) is 9.22. The molecule has 1 aromatic carbocycles. The van der Waals surface area contributed by atoms with E-state index in [0.717, 1.165) is 89.1 Å². The summed E-state index contributed by atoms with van der Waals surface area (Å²) >= 11 is 0. The molecule has 1 aromatic rings. The van der Waals surface area contributed by atoms with Gasteiger partial charge in [0.1, 0.15) is 6.04 Å². The van der Waals surface area contributed by atoms with Gasteiger partial charge >= 0.3 is 0 Å². The van der Waals surface area contributed by atoms with E-state index in [-0.39, 0.29) is 17.4 Å². The molecule has 5 nitrogen and oxygen atoms in total. The van der Waals surface area contributed by atoms with E-state index in [2.05, 4.69) is 35.2 Å². The van der Waals surface area contributed by atoms with Gasteiger partial charge in [0.05, 0.1) is 5.41 Å². The lowest BCUT2D eigenvalue weighted by Gasteiger charge is -2.56. The molecule has 1 atom stereocenters. The maximum absolute atomic E-state index is 13.9. The first-order valence-electron chi connectivity index (χ1n) is 13.0. The normalized spacial score (nSPS) is 36.6. The topological polar surface area (TPSA) is 43.9 Å². The highest BCUT2D eigenvalue weighted by Crippen LogP contribution is 2.60. The van der Waals surface area contributed by atoms with E-state index < -0.39 is 0 Å². The van der Waals surface area contributed by atoms with Crippen LogP contribution in [0.4, 0.5) is 0 Å². The predicted octanol–water partition coefficient (Wildman–Crippen LogP) is 3.54. The second-order valence-corrected chi connectivity index (χ2v) is 11.4. The van der Waals surface area contributed by atoms with Crippen LogP contribution >= 0.6 is 0 Å². The summed E-state index contributed by atoms with van der Waals surface area (Å²) in [5, 5.41) is 0. The molecule has 4 aliphatic carbocycles. The van der Waals surface area contributed by atoms with E-state index >= 15 is 0 Å². The summed E-state index contributed by atoms with van der Waals surface area (Å²) in [6, 6.07) is 10.4. The highest BCUT2D eigenvalue weighted by atomic mass is 16.2. The van der Waals surface area contributed by atoms with E-state index in [1.54, 1.807) is 0 Å². The van der Waals surface area contributed by atoms with Gasteiger partial charge in [0.25, 0.3) is 0 Å². The molecular weight excluding hydrogens is 398 g/mol. The number of piperazine rings is 1. The average Bonchev–Trinajstić information content (AvgIpc) is 3.28. The van der Waals surface area contributed by atoms with E-state index in [1.165, 1.54) is 24.8 Å². The number of carbonyl (C=O) groups is 2. The zero-order chi connectivity index (χ0) is 21.7. The van der Waals surface area contributed by atoms with Crippen molar-refractivity contribution in [3.05, 3.63) is 35.9 Å². The van der Waals surface area contributed by atoms with Gasteiger partial charge < -0.3 is 9.80 Å². The van der Waals surface area contributed by atoms with Crippen LogP contribution in [-0.2, 0) is 16.1 Å². The van der Waals surface area contributed by atoms with E-state index in [1.807, 2.05) is 9.80 Å². The summed E-state index contributed by atoms with van der Waals surface area (Å²) in [6.07, 6.45) is 9.14. The smallest absolute Gasteiger partial charge is 0.245 e. The lowest BCUT2D eigenvalue weighted by atomic mass is 9.49. The summed E-state index contributed by atoms with van der Waals surface area (Å²) < 4.78 is 0. The Morgan fingerprint density at radius 3 is 2.09 bits per heavy atom. The molecule has 4 saturated carbocycles. The molecule has 1 unspecified atom stereocenters. The largest absolute Gasteiger partial charge is 0.338 e. The van der Waals surface area contributed by atoms with Crippen molar-refractivity contribution in [3.63, 3.8) is 0 Å². The summed E-state index contributed by atoms with van der Waals surface area (Å²) in [5.41, 5.74) is 1.20. The van der Waals surface area contributed by atoms with Crippen molar-refractivity contribution in [2.45, 2.75) is 64.0 Å². The lowest BCUT2D eigenvalue weighted by Crippen LogP contribution is -2.58. The van der Waals surface area contributed by atoms with Gasteiger partial charge in [0, 0.05) is 39.3 Å². The highest BCUT2D eigenvalue weighted by Gasteiger charge is 2.57. The summed E-state index contributed by atoms with van der Waals surface area (Å²) in [6.45, 7) is 5.11. The molecular formula is C27H37N3O2. The molecule has 6 fully saturated rings. The van der Waals surface area contributed by atoms with Crippen LogP contribution in [0.1, 0.15) is 56.9 Å². The van der Waals surface area contributed by atoms with Crippen LogP contribution in [0.3, 0.4) is 0 Å². The molecule has 6 aliphatic rings. The first-order valence-corrected chi connectivity index (χ1v) is 13.0. The number of amides is 2. The summed E-state index contributed by atoms with van der Waals surface area (Å²) in [7, 11) is 0. The number of rotatable bonds is 4. The maximum atomic E-state index is 13.9. The van der Waals surface area contributed by atoms with Gasteiger partial charge in [-0.3, -0.25) is 14.5 Å². The predicted molar refractivity (Wildman–Crippen MR) is 124 cm³/mol. The Morgan fingerprint density at radius 1 is 0.844 bits per heavy atom. The van der Waals surface area contributed by atoms with E-state index in [9.17, 15) is 9.59 Å². The van der Waals surface area contributed by atoms with Crippen LogP contribution in [0, 0.1) is 23.2 Å². The molecule has 2 saturated heterocycles. The molecule has 32 heavy (non-hydrogen) atoms. The van der Waals surface area contributed by atoms with Crippen molar-refractivity contribution in [2.75, 3.05) is 32.7 Å². The number of carbonyl (C=O) groups excluding carboxylic acids is 2. The first kappa shape index (κ1) is 20.7. The van der Waals surface area contributed by atoms with Gasteiger partial charge in [0.2, 0.25) is 11.8 Å². The van der Waals surface area contributed by atoms with Gasteiger partial charge in [-0.2, -0.15) is 0 Å². The van der Waals surface area contributed by atoms with Crippen molar-refractivity contribution in [1.82, 2.24) is 14.7 Å². The van der Waals surface area contributed by atoms with Crippen molar-refractivity contribution in [2.24, 2.45) is 23.2 Å². The fourth-order valence-electron chi connectivity index (χ4n) is 8.12. The minimum absolute atomic E-state index is 0.133. The second-order valence-electron chi connectivity index (χ2n) is 11.4. The standard InChI is InChI=1S/C27H37N3O2/c31-25(29-11-9-28(10-12-29)19-20-5-2-1-3-6-20)24-7-4-8-30(24)26(32)27-16-21-13-22(17-27)15-23(14-21)18-27/h1-3,5-6,21-24H,4,7-19H2. The number of nitrogens with zero attached hydrogens (tertiary/aromatic N) is 3. The Bertz CT molecular complexity index is 826. The van der Waals surface area contributed by atoms with Crippen LogP contribution in [-0.4, -0.2) is 65.3 Å². The summed E-state index contributed by atoms with van der Waals surface area (Å²) in [5.74, 6) is 2.84. The van der Waals surface area contributed by atoms with Gasteiger partial charge in [-0.1, -0.05) is 30.3 Å².